The summed E-state index contributed by atoms with van der Waals surface area (Å²) in [5.74, 6) is -0.512. The number of aromatic amines is 1. The van der Waals surface area contributed by atoms with Crippen LogP contribution in [0.5, 0.6) is 0 Å². The number of anilines is 2. The Hall–Kier alpha value is -4.15. The summed E-state index contributed by atoms with van der Waals surface area (Å²) >= 11 is 0. The van der Waals surface area contributed by atoms with Crippen LogP contribution in [0, 0.1) is 11.6 Å². The first-order valence-electron chi connectivity index (χ1n) is 11.6. The van der Waals surface area contributed by atoms with E-state index in [1.807, 2.05) is 39.0 Å². The van der Waals surface area contributed by atoms with Crippen LogP contribution in [-0.2, 0) is 11.3 Å². The van der Waals surface area contributed by atoms with E-state index in [0.717, 1.165) is 12.1 Å². The molecule has 3 aromatic heterocycles. The van der Waals surface area contributed by atoms with Crippen molar-refractivity contribution in [2.75, 3.05) is 16.8 Å². The highest BCUT2D eigenvalue weighted by atomic mass is 19.2. The molecule has 1 unspecified atom stereocenters. The van der Waals surface area contributed by atoms with Crippen LogP contribution in [0.15, 0.2) is 48.8 Å². The van der Waals surface area contributed by atoms with Gasteiger partial charge in [-0.05, 0) is 50.6 Å². The fourth-order valence-corrected chi connectivity index (χ4v) is 4.23. The second kappa shape index (κ2) is 9.14. The summed E-state index contributed by atoms with van der Waals surface area (Å²) < 4.78 is 29.0. The Morgan fingerprint density at radius 3 is 2.69 bits per heavy atom. The van der Waals surface area contributed by atoms with E-state index >= 15 is 0 Å². The highest BCUT2D eigenvalue weighted by molar-refractivity contribution is 5.96. The van der Waals surface area contributed by atoms with Gasteiger partial charge in [0.25, 0.3) is 0 Å². The lowest BCUT2D eigenvalue weighted by molar-refractivity contribution is -0.117. The maximum Gasteiger partial charge on any atom is 0.227 e. The van der Waals surface area contributed by atoms with Crippen molar-refractivity contribution in [2.45, 2.75) is 45.2 Å². The minimum atomic E-state index is -0.931. The Morgan fingerprint density at radius 2 is 1.97 bits per heavy atom. The van der Waals surface area contributed by atoms with Crippen LogP contribution in [0.25, 0.3) is 11.5 Å². The van der Waals surface area contributed by atoms with Gasteiger partial charge < -0.3 is 10.2 Å². The topological polar surface area (TPSA) is 105 Å². The zero-order valence-electron chi connectivity index (χ0n) is 20.2. The van der Waals surface area contributed by atoms with Crippen molar-refractivity contribution in [1.82, 2.24) is 29.9 Å². The van der Waals surface area contributed by atoms with Crippen LogP contribution < -0.4 is 10.2 Å². The van der Waals surface area contributed by atoms with Crippen molar-refractivity contribution in [3.8, 4) is 11.5 Å². The Morgan fingerprint density at radius 1 is 1.14 bits per heavy atom. The first-order valence-corrected chi connectivity index (χ1v) is 11.6. The molecule has 0 saturated carbocycles. The minimum absolute atomic E-state index is 0.0557. The predicted molar refractivity (Wildman–Crippen MR) is 130 cm³/mol. The van der Waals surface area contributed by atoms with Crippen molar-refractivity contribution < 1.29 is 13.6 Å². The number of halogens is 2. The molecule has 2 N–H and O–H groups in total. The van der Waals surface area contributed by atoms with Gasteiger partial charge in [-0.3, -0.25) is 9.89 Å². The third-order valence-corrected chi connectivity index (χ3v) is 5.78. The maximum absolute atomic E-state index is 13.9. The molecule has 0 radical (unpaired) electrons. The van der Waals surface area contributed by atoms with Gasteiger partial charge in [0.05, 0.1) is 18.4 Å². The lowest BCUT2D eigenvalue weighted by atomic mass is 10.1. The lowest BCUT2D eigenvalue weighted by Gasteiger charge is -2.21. The van der Waals surface area contributed by atoms with Gasteiger partial charge in [-0.25, -0.2) is 23.4 Å². The van der Waals surface area contributed by atoms with E-state index in [2.05, 4.69) is 25.6 Å². The van der Waals surface area contributed by atoms with Crippen molar-refractivity contribution in [1.29, 1.82) is 0 Å². The molecule has 186 valence electrons. The summed E-state index contributed by atoms with van der Waals surface area (Å²) in [5.41, 5.74) is 1.58. The number of benzene rings is 1. The van der Waals surface area contributed by atoms with E-state index in [0.29, 0.717) is 41.0 Å². The van der Waals surface area contributed by atoms with Gasteiger partial charge in [0.15, 0.2) is 17.5 Å². The number of carbonyl (C=O) groups excluding carboxylic acids is 1. The Bertz CT molecular complexity index is 1390. The van der Waals surface area contributed by atoms with Gasteiger partial charge in [0.1, 0.15) is 17.3 Å². The van der Waals surface area contributed by atoms with E-state index in [1.54, 1.807) is 22.0 Å². The molecule has 1 atom stereocenters. The second-order valence-corrected chi connectivity index (χ2v) is 9.84. The fourth-order valence-electron chi connectivity index (χ4n) is 4.23. The molecule has 1 aliphatic rings. The first kappa shape index (κ1) is 23.6. The van der Waals surface area contributed by atoms with Crippen LogP contribution in [0.1, 0.15) is 44.5 Å². The average Bonchev–Trinajstić information content (AvgIpc) is 3.55. The van der Waals surface area contributed by atoms with Gasteiger partial charge in [-0.15, -0.1) is 5.10 Å². The summed E-state index contributed by atoms with van der Waals surface area (Å²) in [4.78, 5) is 23.9. The molecule has 0 aliphatic carbocycles. The Labute approximate surface area is 206 Å². The molecule has 0 bridgehead atoms. The van der Waals surface area contributed by atoms with Crippen molar-refractivity contribution in [3.05, 3.63) is 71.8 Å². The van der Waals surface area contributed by atoms with Gasteiger partial charge in [0.2, 0.25) is 5.91 Å². The molecule has 36 heavy (non-hydrogen) atoms. The van der Waals surface area contributed by atoms with E-state index in [4.69, 9.17) is 4.98 Å². The molecule has 5 rings (SSSR count). The first-order chi connectivity index (χ1) is 17.2. The predicted octanol–water partition coefficient (Wildman–Crippen LogP) is 4.12. The molecule has 1 aliphatic heterocycles. The van der Waals surface area contributed by atoms with Crippen LogP contribution >= 0.6 is 0 Å². The van der Waals surface area contributed by atoms with E-state index in [-0.39, 0.29) is 30.3 Å². The number of aromatic nitrogens is 6. The largest absolute Gasteiger partial charge is 0.365 e. The highest BCUT2D eigenvalue weighted by Crippen LogP contribution is 2.32. The van der Waals surface area contributed by atoms with E-state index in [1.165, 1.54) is 6.07 Å². The molecule has 11 heteroatoms. The lowest BCUT2D eigenvalue weighted by Crippen LogP contribution is -2.26. The van der Waals surface area contributed by atoms with Gasteiger partial charge in [0, 0.05) is 30.6 Å². The molecular formula is C25H26F2N8O. The summed E-state index contributed by atoms with van der Waals surface area (Å²) in [7, 11) is 0. The zero-order chi connectivity index (χ0) is 25.4. The highest BCUT2D eigenvalue weighted by Gasteiger charge is 2.35. The molecule has 4 aromatic rings. The third-order valence-electron chi connectivity index (χ3n) is 5.78. The number of nitrogens with one attached hydrogen (secondary N) is 2. The van der Waals surface area contributed by atoms with Gasteiger partial charge >= 0.3 is 0 Å². The van der Waals surface area contributed by atoms with Gasteiger partial charge in [-0.2, -0.15) is 5.10 Å². The number of amides is 1. The summed E-state index contributed by atoms with van der Waals surface area (Å²) in [5, 5.41) is 14.7. The monoisotopic (exact) mass is 492 g/mol. The standard InChI is InChI=1S/C25H26F2N8O/c1-25(2,3)32-21-6-4-5-20(30-21)23-31-24(16-10-22(36)34(14-16)17-11-28-29-12-17)35(33-23)13-15-7-8-18(26)19(27)9-15/h4-9,11-12,16H,10,13-14H2,1-3H3,(H,28,29)(H,30,32). The van der Waals surface area contributed by atoms with Gasteiger partial charge in [-0.1, -0.05) is 12.1 Å². The molecule has 1 fully saturated rings. The second-order valence-electron chi connectivity index (χ2n) is 9.84. The average molecular weight is 493 g/mol. The quantitative estimate of drug-likeness (QED) is 0.420. The van der Waals surface area contributed by atoms with Crippen molar-refractivity contribution in [2.24, 2.45) is 0 Å². The van der Waals surface area contributed by atoms with Crippen molar-refractivity contribution >= 4 is 17.4 Å². The Kier molecular flexibility index (Phi) is 5.99. The normalized spacial score (nSPS) is 16.1. The molecule has 1 saturated heterocycles. The van der Waals surface area contributed by atoms with E-state index in [9.17, 15) is 13.6 Å². The van der Waals surface area contributed by atoms with E-state index < -0.39 is 11.6 Å². The van der Waals surface area contributed by atoms with Crippen LogP contribution in [0.2, 0.25) is 0 Å². The molecular weight excluding hydrogens is 466 g/mol. The fraction of sp³-hybridized carbons (Fsp3) is 0.320. The summed E-state index contributed by atoms with van der Waals surface area (Å²) in [6.45, 7) is 6.68. The summed E-state index contributed by atoms with van der Waals surface area (Å²) in [6.07, 6.45) is 3.49. The van der Waals surface area contributed by atoms with Crippen LogP contribution in [-0.4, -0.2) is 47.9 Å². The SMILES string of the molecule is CC(C)(C)Nc1cccc(-c2nc(C3CC(=O)N(c4cn[nH]c4)C3)n(Cc3ccc(F)c(F)c3)n2)n1. The number of nitrogens with zero attached hydrogens (tertiary/aromatic N) is 6. The smallest absolute Gasteiger partial charge is 0.227 e. The van der Waals surface area contributed by atoms with Crippen molar-refractivity contribution in [3.63, 3.8) is 0 Å². The molecule has 1 amide bonds. The molecule has 9 nitrogen and oxygen atoms in total. The maximum atomic E-state index is 13.9. The number of rotatable bonds is 6. The minimum Gasteiger partial charge on any atom is -0.365 e. The number of hydrogen-bond acceptors (Lipinski definition) is 6. The molecule has 4 heterocycles. The summed E-state index contributed by atoms with van der Waals surface area (Å²) in [6, 6.07) is 9.28. The van der Waals surface area contributed by atoms with Crippen LogP contribution in [0.3, 0.4) is 0 Å². The number of pyridine rings is 1. The molecule has 1 aromatic carbocycles. The molecule has 0 spiro atoms. The Balaban J connectivity index is 1.51. The number of hydrogen-bond donors (Lipinski definition) is 2. The van der Waals surface area contributed by atoms with Crippen LogP contribution in [0.4, 0.5) is 20.3 Å². The number of H-pyrrole nitrogens is 1. The zero-order valence-corrected chi connectivity index (χ0v) is 20.2. The third kappa shape index (κ3) is 4.95. The number of carbonyl (C=O) groups is 1.